The molecule has 0 aromatic carbocycles. The van der Waals surface area contributed by atoms with E-state index >= 15 is 0 Å². The highest BCUT2D eigenvalue weighted by Crippen LogP contribution is 2.56. The van der Waals surface area contributed by atoms with E-state index in [-0.39, 0.29) is 0 Å². The summed E-state index contributed by atoms with van der Waals surface area (Å²) in [6, 6.07) is 0. The van der Waals surface area contributed by atoms with Gasteiger partial charge in [-0.15, -0.1) is 0 Å². The number of alkyl halides is 1. The van der Waals surface area contributed by atoms with Crippen LogP contribution in [0.2, 0.25) is 0 Å². The molecule has 4 aliphatic rings. The molecule has 4 fully saturated rings. The normalized spacial score (nSPS) is 50.5. The first-order valence-electron chi connectivity index (χ1n) is 6.09. The Morgan fingerprint density at radius 1 is 0.929 bits per heavy atom. The van der Waals surface area contributed by atoms with Gasteiger partial charge in [-0.05, 0) is 61.7 Å². The summed E-state index contributed by atoms with van der Waals surface area (Å²) in [4.78, 5) is 0. The SMILES string of the molecule is BrC/C=C/C1C2CC3CC(C2)CC1C3. The highest BCUT2D eigenvalue weighted by atomic mass is 79.9. The summed E-state index contributed by atoms with van der Waals surface area (Å²) in [5.41, 5.74) is 0. The maximum atomic E-state index is 3.49. The van der Waals surface area contributed by atoms with Gasteiger partial charge in [-0.2, -0.15) is 0 Å². The second-order valence-corrected chi connectivity index (χ2v) is 6.24. The molecule has 0 N–H and O–H groups in total. The Balaban J connectivity index is 1.77. The molecule has 78 valence electrons. The Bertz CT molecular complexity index is 216. The quantitative estimate of drug-likeness (QED) is 0.516. The van der Waals surface area contributed by atoms with Crippen LogP contribution in [0, 0.1) is 29.6 Å². The van der Waals surface area contributed by atoms with Crippen LogP contribution >= 0.6 is 15.9 Å². The highest BCUT2D eigenvalue weighted by Gasteiger charge is 2.46. The summed E-state index contributed by atoms with van der Waals surface area (Å²) in [6.45, 7) is 0. The monoisotopic (exact) mass is 254 g/mol. The molecule has 4 saturated carbocycles. The van der Waals surface area contributed by atoms with Crippen molar-refractivity contribution in [1.29, 1.82) is 0 Å². The summed E-state index contributed by atoms with van der Waals surface area (Å²) < 4.78 is 0. The van der Waals surface area contributed by atoms with Crippen LogP contribution in [0.1, 0.15) is 32.1 Å². The third-order valence-corrected chi connectivity index (χ3v) is 5.12. The summed E-state index contributed by atoms with van der Waals surface area (Å²) in [6.07, 6.45) is 12.6. The van der Waals surface area contributed by atoms with E-state index in [0.29, 0.717) is 0 Å². The minimum Gasteiger partial charge on any atom is -0.0883 e. The van der Waals surface area contributed by atoms with Gasteiger partial charge < -0.3 is 0 Å². The van der Waals surface area contributed by atoms with E-state index < -0.39 is 0 Å². The molecule has 0 aromatic rings. The zero-order valence-electron chi connectivity index (χ0n) is 8.66. The van der Waals surface area contributed by atoms with E-state index in [1.807, 2.05) is 0 Å². The standard InChI is InChI=1S/C13H19Br/c14-3-1-2-13-11-5-9-4-10(7-11)8-12(13)6-9/h1-2,9-13H,3-8H2/b2-1+. The van der Waals surface area contributed by atoms with Crippen LogP contribution < -0.4 is 0 Å². The first-order valence-corrected chi connectivity index (χ1v) is 7.21. The molecule has 4 aliphatic carbocycles. The first kappa shape index (κ1) is 9.45. The van der Waals surface area contributed by atoms with Gasteiger partial charge in [-0.3, -0.25) is 0 Å². The number of rotatable bonds is 2. The number of halogens is 1. The predicted octanol–water partition coefficient (Wildman–Crippen LogP) is 4.01. The fourth-order valence-electron chi connectivity index (χ4n) is 4.49. The number of hydrogen-bond donors (Lipinski definition) is 0. The molecular formula is C13H19Br. The smallest absolute Gasteiger partial charge is 0.0212 e. The largest absolute Gasteiger partial charge is 0.0883 e. The zero-order chi connectivity index (χ0) is 9.54. The van der Waals surface area contributed by atoms with Crippen LogP contribution in [0.25, 0.3) is 0 Å². The van der Waals surface area contributed by atoms with E-state index in [2.05, 4.69) is 28.1 Å². The van der Waals surface area contributed by atoms with E-state index in [4.69, 9.17) is 0 Å². The lowest BCUT2D eigenvalue weighted by atomic mass is 9.52. The number of allylic oxidation sites excluding steroid dienone is 2. The Hall–Kier alpha value is 0.220. The molecule has 4 rings (SSSR count). The molecule has 0 saturated heterocycles. The van der Waals surface area contributed by atoms with Crippen LogP contribution in [-0.4, -0.2) is 5.33 Å². The van der Waals surface area contributed by atoms with Gasteiger partial charge >= 0.3 is 0 Å². The van der Waals surface area contributed by atoms with Gasteiger partial charge in [-0.1, -0.05) is 28.1 Å². The van der Waals surface area contributed by atoms with Gasteiger partial charge in [0.25, 0.3) is 0 Å². The molecular weight excluding hydrogens is 236 g/mol. The lowest BCUT2D eigenvalue weighted by molar-refractivity contribution is -0.0161. The minimum absolute atomic E-state index is 0.945. The third kappa shape index (κ3) is 1.48. The van der Waals surface area contributed by atoms with Gasteiger partial charge in [0.2, 0.25) is 0 Å². The van der Waals surface area contributed by atoms with Crippen molar-refractivity contribution in [3.05, 3.63) is 12.2 Å². The molecule has 0 nitrogen and oxygen atoms in total. The molecule has 0 amide bonds. The first-order chi connectivity index (χ1) is 6.86. The maximum absolute atomic E-state index is 3.49. The van der Waals surface area contributed by atoms with Crippen LogP contribution in [0.5, 0.6) is 0 Å². The molecule has 1 heteroatoms. The van der Waals surface area contributed by atoms with Crippen LogP contribution in [0.15, 0.2) is 12.2 Å². The Morgan fingerprint density at radius 3 is 2.00 bits per heavy atom. The van der Waals surface area contributed by atoms with E-state index in [0.717, 1.165) is 34.9 Å². The van der Waals surface area contributed by atoms with E-state index in [1.54, 1.807) is 32.1 Å². The van der Waals surface area contributed by atoms with Crippen molar-refractivity contribution in [3.63, 3.8) is 0 Å². The van der Waals surface area contributed by atoms with Crippen molar-refractivity contribution in [1.82, 2.24) is 0 Å². The minimum atomic E-state index is 0.945. The van der Waals surface area contributed by atoms with Crippen LogP contribution in [0.4, 0.5) is 0 Å². The van der Waals surface area contributed by atoms with Gasteiger partial charge in [0, 0.05) is 5.33 Å². The fraction of sp³-hybridized carbons (Fsp3) is 0.846. The van der Waals surface area contributed by atoms with Crippen molar-refractivity contribution in [3.8, 4) is 0 Å². The maximum Gasteiger partial charge on any atom is 0.0212 e. The molecule has 0 radical (unpaired) electrons. The van der Waals surface area contributed by atoms with Crippen LogP contribution in [-0.2, 0) is 0 Å². The van der Waals surface area contributed by atoms with Crippen molar-refractivity contribution < 1.29 is 0 Å². The van der Waals surface area contributed by atoms with Gasteiger partial charge in [-0.25, -0.2) is 0 Å². The van der Waals surface area contributed by atoms with Crippen molar-refractivity contribution in [2.24, 2.45) is 29.6 Å². The third-order valence-electron chi connectivity index (χ3n) is 4.75. The topological polar surface area (TPSA) is 0 Å². The predicted molar refractivity (Wildman–Crippen MR) is 63.5 cm³/mol. The molecule has 0 spiro atoms. The van der Waals surface area contributed by atoms with E-state index in [1.165, 1.54) is 0 Å². The summed E-state index contributed by atoms with van der Waals surface area (Å²) >= 11 is 3.49. The zero-order valence-corrected chi connectivity index (χ0v) is 10.2. The molecule has 0 atom stereocenters. The summed E-state index contributed by atoms with van der Waals surface area (Å²) in [5, 5.41) is 1.04. The molecule has 14 heavy (non-hydrogen) atoms. The second kappa shape index (κ2) is 3.66. The Morgan fingerprint density at radius 2 is 1.50 bits per heavy atom. The number of hydrogen-bond acceptors (Lipinski definition) is 0. The highest BCUT2D eigenvalue weighted by molar-refractivity contribution is 9.09. The summed E-state index contributed by atoms with van der Waals surface area (Å²) in [7, 11) is 0. The fourth-order valence-corrected chi connectivity index (χ4v) is 4.71. The summed E-state index contributed by atoms with van der Waals surface area (Å²) in [5.74, 6) is 5.29. The van der Waals surface area contributed by atoms with Crippen LogP contribution in [0.3, 0.4) is 0 Å². The Kier molecular flexibility index (Phi) is 2.47. The average molecular weight is 255 g/mol. The van der Waals surface area contributed by atoms with Crippen molar-refractivity contribution in [2.45, 2.75) is 32.1 Å². The van der Waals surface area contributed by atoms with Crippen molar-refractivity contribution >= 4 is 15.9 Å². The Labute approximate surface area is 95.3 Å². The molecule has 0 aliphatic heterocycles. The molecule has 4 bridgehead atoms. The lowest BCUT2D eigenvalue weighted by Crippen LogP contribution is -2.44. The molecule has 0 aromatic heterocycles. The van der Waals surface area contributed by atoms with Crippen molar-refractivity contribution in [2.75, 3.05) is 5.33 Å². The van der Waals surface area contributed by atoms with Gasteiger partial charge in [0.1, 0.15) is 0 Å². The average Bonchev–Trinajstić information content (AvgIpc) is 2.15. The molecule has 0 heterocycles. The molecule has 0 unspecified atom stereocenters. The lowest BCUT2D eigenvalue weighted by Gasteiger charge is -2.53. The van der Waals surface area contributed by atoms with Gasteiger partial charge in [0.05, 0.1) is 0 Å². The second-order valence-electron chi connectivity index (χ2n) is 5.59. The van der Waals surface area contributed by atoms with E-state index in [9.17, 15) is 0 Å². The van der Waals surface area contributed by atoms with Gasteiger partial charge in [0.15, 0.2) is 0 Å².